The van der Waals surface area contributed by atoms with Gasteiger partial charge in [0.2, 0.25) is 0 Å². The fourth-order valence-corrected chi connectivity index (χ4v) is 3.38. The number of hydrogen-bond donors (Lipinski definition) is 0. The molecule has 1 fully saturated rings. The van der Waals surface area contributed by atoms with Crippen LogP contribution in [0.2, 0.25) is 0 Å². The van der Waals surface area contributed by atoms with Gasteiger partial charge in [0.25, 0.3) is 11.1 Å². The number of amides is 2. The van der Waals surface area contributed by atoms with Gasteiger partial charge in [-0.3, -0.25) is 14.5 Å². The summed E-state index contributed by atoms with van der Waals surface area (Å²) in [6.45, 7) is 5.98. The second-order valence-electron chi connectivity index (χ2n) is 5.60. The highest BCUT2D eigenvalue weighted by Gasteiger charge is 2.32. The molecule has 2 amide bonds. The summed E-state index contributed by atoms with van der Waals surface area (Å²) in [5, 5.41) is -0.241. The molecule has 0 saturated carbocycles. The Morgan fingerprint density at radius 1 is 1.17 bits per heavy atom. The lowest BCUT2D eigenvalue weighted by atomic mass is 10.2. The highest BCUT2D eigenvalue weighted by Crippen LogP contribution is 2.32. The summed E-state index contributed by atoms with van der Waals surface area (Å²) in [6.07, 6.45) is 3.61. The van der Waals surface area contributed by atoms with Crippen molar-refractivity contribution in [3.63, 3.8) is 0 Å². The fourth-order valence-electron chi connectivity index (χ4n) is 2.57. The molecule has 1 aliphatic heterocycles. The van der Waals surface area contributed by atoms with Gasteiger partial charge in [-0.15, -0.1) is 0 Å². The average molecular weight is 327 g/mol. The standard InChI is InChI=1S/C17H17N3O2S/c1-10-5-6-15(18-9-10)20-11(2)7-13(12(20)3)8-14-16(21)19(4)17(22)23-14/h5-9H,1-4H3. The lowest BCUT2D eigenvalue weighted by molar-refractivity contribution is -0.121. The molecule has 118 valence electrons. The van der Waals surface area contributed by atoms with Crippen LogP contribution in [0.1, 0.15) is 22.5 Å². The maximum absolute atomic E-state index is 12.0. The summed E-state index contributed by atoms with van der Waals surface area (Å²) < 4.78 is 2.04. The van der Waals surface area contributed by atoms with Crippen molar-refractivity contribution in [2.75, 3.05) is 7.05 Å². The molecule has 3 rings (SSSR count). The smallest absolute Gasteiger partial charge is 0.293 e. The molecule has 0 spiro atoms. The molecule has 0 N–H and O–H groups in total. The van der Waals surface area contributed by atoms with Gasteiger partial charge in [0, 0.05) is 24.6 Å². The molecule has 0 bridgehead atoms. The van der Waals surface area contributed by atoms with Gasteiger partial charge in [-0.25, -0.2) is 4.98 Å². The molecule has 6 heteroatoms. The maximum Gasteiger partial charge on any atom is 0.293 e. The number of likely N-dealkylation sites (N-methyl/N-ethyl adjacent to an activating group) is 1. The van der Waals surface area contributed by atoms with Gasteiger partial charge >= 0.3 is 0 Å². The zero-order valence-electron chi connectivity index (χ0n) is 13.5. The highest BCUT2D eigenvalue weighted by molar-refractivity contribution is 8.18. The Hall–Kier alpha value is -2.34. The van der Waals surface area contributed by atoms with Crippen LogP contribution in [0, 0.1) is 20.8 Å². The summed E-state index contributed by atoms with van der Waals surface area (Å²) in [6, 6.07) is 5.99. The predicted octanol–water partition coefficient (Wildman–Crippen LogP) is 3.46. The number of imide groups is 1. The third-order valence-corrected chi connectivity index (χ3v) is 4.83. The normalized spacial score (nSPS) is 16.7. The van der Waals surface area contributed by atoms with Crippen LogP contribution < -0.4 is 0 Å². The molecule has 5 nitrogen and oxygen atoms in total. The van der Waals surface area contributed by atoms with E-state index in [1.54, 1.807) is 6.08 Å². The first kappa shape index (κ1) is 15.6. The molecule has 0 aliphatic carbocycles. The topological polar surface area (TPSA) is 55.2 Å². The number of carbonyl (C=O) groups excluding carboxylic acids is 2. The fraction of sp³-hybridized carbons (Fsp3) is 0.235. The maximum atomic E-state index is 12.0. The largest absolute Gasteiger partial charge is 0.303 e. The molecule has 0 atom stereocenters. The number of carbonyl (C=O) groups is 2. The number of thioether (sulfide) groups is 1. The van der Waals surface area contributed by atoms with Gasteiger partial charge in [0.15, 0.2) is 0 Å². The van der Waals surface area contributed by atoms with Crippen molar-refractivity contribution in [2.45, 2.75) is 20.8 Å². The Kier molecular flexibility index (Phi) is 3.85. The molecule has 23 heavy (non-hydrogen) atoms. The zero-order chi connectivity index (χ0) is 16.7. The second-order valence-corrected chi connectivity index (χ2v) is 6.59. The van der Waals surface area contributed by atoms with E-state index in [9.17, 15) is 9.59 Å². The minimum atomic E-state index is -0.252. The lowest BCUT2D eigenvalue weighted by Crippen LogP contribution is -2.22. The van der Waals surface area contributed by atoms with Gasteiger partial charge in [-0.2, -0.15) is 0 Å². The van der Waals surface area contributed by atoms with Crippen molar-refractivity contribution in [1.29, 1.82) is 0 Å². The Morgan fingerprint density at radius 3 is 2.48 bits per heavy atom. The molecular weight excluding hydrogens is 310 g/mol. The lowest BCUT2D eigenvalue weighted by Gasteiger charge is -2.08. The Bertz CT molecular complexity index is 834. The first-order valence-corrected chi connectivity index (χ1v) is 8.03. The molecule has 1 aliphatic rings. The van der Waals surface area contributed by atoms with Gasteiger partial charge in [-0.1, -0.05) is 6.07 Å². The average Bonchev–Trinajstić information content (AvgIpc) is 2.92. The van der Waals surface area contributed by atoms with E-state index in [1.807, 2.05) is 49.7 Å². The van der Waals surface area contributed by atoms with Gasteiger partial charge in [-0.05, 0) is 61.9 Å². The minimum absolute atomic E-state index is 0.241. The van der Waals surface area contributed by atoms with Crippen molar-refractivity contribution in [3.05, 3.63) is 51.8 Å². The zero-order valence-corrected chi connectivity index (χ0v) is 14.3. The van der Waals surface area contributed by atoms with E-state index in [0.717, 1.165) is 45.0 Å². The van der Waals surface area contributed by atoms with E-state index >= 15 is 0 Å². The van der Waals surface area contributed by atoms with E-state index < -0.39 is 0 Å². The quantitative estimate of drug-likeness (QED) is 0.793. The molecule has 0 aromatic carbocycles. The van der Waals surface area contributed by atoms with Crippen molar-refractivity contribution >= 4 is 29.0 Å². The predicted molar refractivity (Wildman–Crippen MR) is 91.5 cm³/mol. The van der Waals surface area contributed by atoms with E-state index in [2.05, 4.69) is 4.98 Å². The third kappa shape index (κ3) is 2.70. The molecule has 0 radical (unpaired) electrons. The summed E-state index contributed by atoms with van der Waals surface area (Å²) in [5.74, 6) is 0.590. The van der Waals surface area contributed by atoms with E-state index in [1.165, 1.54) is 7.05 Å². The summed E-state index contributed by atoms with van der Waals surface area (Å²) >= 11 is 0.972. The van der Waals surface area contributed by atoms with Crippen LogP contribution in [0.15, 0.2) is 29.3 Å². The Labute approximate surface area is 139 Å². The molecule has 2 aromatic rings. The molecule has 3 heterocycles. The SMILES string of the molecule is Cc1ccc(-n2c(C)cc(C=C3SC(=O)N(C)C3=O)c2C)nc1. The highest BCUT2D eigenvalue weighted by atomic mass is 32.2. The van der Waals surface area contributed by atoms with Crippen molar-refractivity contribution in [3.8, 4) is 5.82 Å². The van der Waals surface area contributed by atoms with Crippen LogP contribution in [0.25, 0.3) is 11.9 Å². The molecule has 0 unspecified atom stereocenters. The van der Waals surface area contributed by atoms with Crippen LogP contribution in [-0.2, 0) is 4.79 Å². The second kappa shape index (κ2) is 5.70. The van der Waals surface area contributed by atoms with Crippen molar-refractivity contribution in [2.24, 2.45) is 0 Å². The monoisotopic (exact) mass is 327 g/mol. The third-order valence-electron chi connectivity index (χ3n) is 3.87. The molecule has 1 saturated heterocycles. The number of nitrogens with zero attached hydrogens (tertiary/aromatic N) is 3. The number of aromatic nitrogens is 2. The van der Waals surface area contributed by atoms with Crippen LogP contribution >= 0.6 is 11.8 Å². The number of aryl methyl sites for hydroxylation is 2. The number of pyridine rings is 1. The van der Waals surface area contributed by atoms with Crippen LogP contribution in [-0.4, -0.2) is 32.6 Å². The number of hydrogen-bond acceptors (Lipinski definition) is 4. The van der Waals surface area contributed by atoms with E-state index in [4.69, 9.17) is 0 Å². The first-order chi connectivity index (χ1) is 10.9. The summed E-state index contributed by atoms with van der Waals surface area (Å²) in [7, 11) is 1.50. The first-order valence-electron chi connectivity index (χ1n) is 7.22. The number of rotatable bonds is 2. The van der Waals surface area contributed by atoms with Crippen LogP contribution in [0.5, 0.6) is 0 Å². The molecule has 2 aromatic heterocycles. The van der Waals surface area contributed by atoms with E-state index in [-0.39, 0.29) is 11.1 Å². The Morgan fingerprint density at radius 2 is 1.91 bits per heavy atom. The van der Waals surface area contributed by atoms with Gasteiger partial charge < -0.3 is 4.57 Å². The van der Waals surface area contributed by atoms with E-state index in [0.29, 0.717) is 4.91 Å². The van der Waals surface area contributed by atoms with Gasteiger partial charge in [0.05, 0.1) is 4.91 Å². The van der Waals surface area contributed by atoms with Crippen LogP contribution in [0.4, 0.5) is 4.79 Å². The summed E-state index contributed by atoms with van der Waals surface area (Å²) in [5.41, 5.74) is 4.04. The van der Waals surface area contributed by atoms with Gasteiger partial charge in [0.1, 0.15) is 5.82 Å². The van der Waals surface area contributed by atoms with Crippen LogP contribution in [0.3, 0.4) is 0 Å². The van der Waals surface area contributed by atoms with Crippen molar-refractivity contribution in [1.82, 2.24) is 14.5 Å². The molecular formula is C17H17N3O2S. The Balaban J connectivity index is 2.03. The minimum Gasteiger partial charge on any atom is -0.303 e. The summed E-state index contributed by atoms with van der Waals surface area (Å²) in [4.78, 5) is 29.7. The van der Waals surface area contributed by atoms with Crippen molar-refractivity contribution < 1.29 is 9.59 Å².